The number of hydrogen-bond acceptors (Lipinski definition) is 3. The number of aromatic nitrogens is 2. The molecule has 6 heteroatoms. The van der Waals surface area contributed by atoms with Gasteiger partial charge in [-0.25, -0.2) is 4.79 Å². The summed E-state index contributed by atoms with van der Waals surface area (Å²) in [5.41, 5.74) is -0.179. The summed E-state index contributed by atoms with van der Waals surface area (Å²) in [6, 6.07) is 7.53. The number of halogens is 1. The number of rotatable bonds is 3. The SMILES string of the molecule is O=c1[nH]cc(OCc2ccccc2Br)c(=O)[nH]1. The second kappa shape index (κ2) is 5.01. The standard InChI is InChI=1S/C11H9BrN2O3/c12-8-4-2-1-3-7(8)6-17-9-5-13-11(16)14-10(9)15/h1-5H,6H2,(H2,13,14,15,16). The van der Waals surface area contributed by atoms with Gasteiger partial charge in [0.2, 0.25) is 5.75 Å². The maximum Gasteiger partial charge on any atom is 0.325 e. The van der Waals surface area contributed by atoms with Crippen LogP contribution in [0, 0.1) is 0 Å². The lowest BCUT2D eigenvalue weighted by Crippen LogP contribution is -2.22. The zero-order valence-corrected chi connectivity index (χ0v) is 10.3. The molecule has 0 radical (unpaired) electrons. The minimum atomic E-state index is -0.553. The Hall–Kier alpha value is -1.82. The van der Waals surface area contributed by atoms with Gasteiger partial charge < -0.3 is 9.72 Å². The molecule has 88 valence electrons. The average Bonchev–Trinajstić information content (AvgIpc) is 2.30. The van der Waals surface area contributed by atoms with Crippen LogP contribution in [0.2, 0.25) is 0 Å². The summed E-state index contributed by atoms with van der Waals surface area (Å²) >= 11 is 3.38. The van der Waals surface area contributed by atoms with Crippen LogP contribution in [0.1, 0.15) is 5.56 Å². The highest BCUT2D eigenvalue weighted by atomic mass is 79.9. The predicted molar refractivity (Wildman–Crippen MR) is 66.2 cm³/mol. The zero-order valence-electron chi connectivity index (χ0n) is 8.70. The Kier molecular flexibility index (Phi) is 3.43. The van der Waals surface area contributed by atoms with Crippen molar-refractivity contribution in [3.63, 3.8) is 0 Å². The van der Waals surface area contributed by atoms with Gasteiger partial charge in [-0.05, 0) is 6.07 Å². The third-order valence-corrected chi connectivity index (χ3v) is 2.90. The Balaban J connectivity index is 2.16. The topological polar surface area (TPSA) is 75.0 Å². The average molecular weight is 297 g/mol. The quantitative estimate of drug-likeness (QED) is 0.899. The fraction of sp³-hybridized carbons (Fsp3) is 0.0909. The molecule has 0 fully saturated rings. The molecular formula is C11H9BrN2O3. The number of ether oxygens (including phenoxy) is 1. The van der Waals surface area contributed by atoms with Crippen LogP contribution in [0.5, 0.6) is 5.75 Å². The van der Waals surface area contributed by atoms with E-state index in [9.17, 15) is 9.59 Å². The zero-order chi connectivity index (χ0) is 12.3. The van der Waals surface area contributed by atoms with Crippen LogP contribution < -0.4 is 16.0 Å². The molecule has 1 heterocycles. The molecule has 0 saturated heterocycles. The number of hydrogen-bond donors (Lipinski definition) is 2. The Bertz CT molecular complexity index is 633. The monoisotopic (exact) mass is 296 g/mol. The largest absolute Gasteiger partial charge is 0.482 e. The maximum absolute atomic E-state index is 11.3. The summed E-state index contributed by atoms with van der Waals surface area (Å²) < 4.78 is 6.22. The van der Waals surface area contributed by atoms with Crippen molar-refractivity contribution < 1.29 is 4.74 Å². The summed E-state index contributed by atoms with van der Waals surface area (Å²) in [7, 11) is 0. The molecule has 1 aromatic heterocycles. The second-order valence-electron chi connectivity index (χ2n) is 3.32. The maximum atomic E-state index is 11.3. The van der Waals surface area contributed by atoms with Crippen LogP contribution in [0.15, 0.2) is 44.5 Å². The van der Waals surface area contributed by atoms with E-state index in [0.29, 0.717) is 0 Å². The number of nitrogens with one attached hydrogen (secondary N) is 2. The van der Waals surface area contributed by atoms with E-state index in [1.54, 1.807) is 0 Å². The summed E-state index contributed by atoms with van der Waals surface area (Å²) in [6.07, 6.45) is 1.25. The minimum Gasteiger partial charge on any atom is -0.482 e. The summed E-state index contributed by atoms with van der Waals surface area (Å²) in [5.74, 6) is 0.0837. The lowest BCUT2D eigenvalue weighted by atomic mass is 10.2. The van der Waals surface area contributed by atoms with Gasteiger partial charge in [-0.15, -0.1) is 0 Å². The Morgan fingerprint density at radius 1 is 1.24 bits per heavy atom. The first-order valence-electron chi connectivity index (χ1n) is 4.85. The molecule has 0 aliphatic rings. The van der Waals surface area contributed by atoms with Crippen molar-refractivity contribution in [2.75, 3.05) is 0 Å². The molecule has 0 amide bonds. The fourth-order valence-corrected chi connectivity index (χ4v) is 1.67. The molecule has 0 unspecified atom stereocenters. The molecule has 1 aromatic carbocycles. The van der Waals surface area contributed by atoms with E-state index in [-0.39, 0.29) is 12.4 Å². The molecular weight excluding hydrogens is 288 g/mol. The molecule has 0 aliphatic heterocycles. The van der Waals surface area contributed by atoms with Crippen LogP contribution in [0.4, 0.5) is 0 Å². The van der Waals surface area contributed by atoms with E-state index in [1.165, 1.54) is 6.20 Å². The van der Waals surface area contributed by atoms with Gasteiger partial charge in [-0.2, -0.15) is 0 Å². The summed E-state index contributed by atoms with van der Waals surface area (Å²) in [4.78, 5) is 26.6. The van der Waals surface area contributed by atoms with E-state index < -0.39 is 11.2 Å². The molecule has 2 rings (SSSR count). The van der Waals surface area contributed by atoms with Crippen LogP contribution in [-0.2, 0) is 6.61 Å². The van der Waals surface area contributed by atoms with Crippen molar-refractivity contribution in [1.82, 2.24) is 9.97 Å². The van der Waals surface area contributed by atoms with E-state index >= 15 is 0 Å². The van der Waals surface area contributed by atoms with E-state index in [4.69, 9.17) is 4.74 Å². The first kappa shape index (κ1) is 11.7. The second-order valence-corrected chi connectivity index (χ2v) is 4.17. The van der Waals surface area contributed by atoms with Crippen LogP contribution >= 0.6 is 15.9 Å². The molecule has 5 nitrogen and oxygen atoms in total. The number of benzene rings is 1. The van der Waals surface area contributed by atoms with Crippen molar-refractivity contribution in [2.24, 2.45) is 0 Å². The van der Waals surface area contributed by atoms with Crippen molar-refractivity contribution in [2.45, 2.75) is 6.61 Å². The van der Waals surface area contributed by atoms with E-state index in [2.05, 4.69) is 25.9 Å². The Morgan fingerprint density at radius 3 is 2.71 bits per heavy atom. The number of aromatic amines is 2. The molecule has 2 N–H and O–H groups in total. The van der Waals surface area contributed by atoms with Crippen molar-refractivity contribution in [3.05, 3.63) is 61.3 Å². The van der Waals surface area contributed by atoms with E-state index in [0.717, 1.165) is 10.0 Å². The van der Waals surface area contributed by atoms with Crippen LogP contribution in [-0.4, -0.2) is 9.97 Å². The van der Waals surface area contributed by atoms with Crippen molar-refractivity contribution in [3.8, 4) is 5.75 Å². The molecule has 2 aromatic rings. The minimum absolute atomic E-state index is 0.0837. The van der Waals surface area contributed by atoms with Crippen molar-refractivity contribution in [1.29, 1.82) is 0 Å². The van der Waals surface area contributed by atoms with Gasteiger partial charge in [0.1, 0.15) is 6.61 Å². The first-order chi connectivity index (χ1) is 8.16. The predicted octanol–water partition coefficient (Wildman–Crippen LogP) is 1.40. The highest BCUT2D eigenvalue weighted by Gasteiger charge is 2.03. The number of H-pyrrole nitrogens is 2. The van der Waals surface area contributed by atoms with Gasteiger partial charge in [-0.1, -0.05) is 34.1 Å². The molecule has 0 saturated carbocycles. The third-order valence-electron chi connectivity index (χ3n) is 2.13. The van der Waals surface area contributed by atoms with Gasteiger partial charge in [0.05, 0.1) is 6.20 Å². The highest BCUT2D eigenvalue weighted by Crippen LogP contribution is 2.16. The van der Waals surface area contributed by atoms with Gasteiger partial charge in [0.15, 0.2) is 0 Å². The first-order valence-corrected chi connectivity index (χ1v) is 5.64. The summed E-state index contributed by atoms with van der Waals surface area (Å²) in [6.45, 7) is 0.247. The normalized spacial score (nSPS) is 10.2. The smallest absolute Gasteiger partial charge is 0.325 e. The lowest BCUT2D eigenvalue weighted by molar-refractivity contribution is 0.299. The van der Waals surface area contributed by atoms with Crippen molar-refractivity contribution >= 4 is 15.9 Å². The van der Waals surface area contributed by atoms with Crippen LogP contribution in [0.3, 0.4) is 0 Å². The molecule has 0 spiro atoms. The van der Waals surface area contributed by atoms with Gasteiger partial charge in [-0.3, -0.25) is 9.78 Å². The molecule has 0 atom stereocenters. The highest BCUT2D eigenvalue weighted by molar-refractivity contribution is 9.10. The van der Waals surface area contributed by atoms with E-state index in [1.807, 2.05) is 24.3 Å². The molecule has 0 aliphatic carbocycles. The molecule has 17 heavy (non-hydrogen) atoms. The van der Waals surface area contributed by atoms with Gasteiger partial charge in [0, 0.05) is 10.0 Å². The molecule has 0 bridgehead atoms. The third kappa shape index (κ3) is 2.85. The Labute approximate surface area is 105 Å². The lowest BCUT2D eigenvalue weighted by Gasteiger charge is -2.06. The van der Waals surface area contributed by atoms with Crippen LogP contribution in [0.25, 0.3) is 0 Å². The van der Waals surface area contributed by atoms with Gasteiger partial charge >= 0.3 is 5.69 Å². The summed E-state index contributed by atoms with van der Waals surface area (Å²) in [5, 5.41) is 0. The Morgan fingerprint density at radius 2 is 2.00 bits per heavy atom. The van der Waals surface area contributed by atoms with Gasteiger partial charge in [0.25, 0.3) is 5.56 Å². The fourth-order valence-electron chi connectivity index (χ4n) is 1.28.